The monoisotopic (exact) mass is 286 g/mol. The number of carbonyl (C=O) groups is 2. The molecule has 3 N–H and O–H groups in total. The molecule has 1 aromatic rings. The van der Waals surface area contributed by atoms with Gasteiger partial charge in [-0.2, -0.15) is 0 Å². The first-order valence-electron chi connectivity index (χ1n) is 5.69. The molecule has 0 atom stereocenters. The van der Waals surface area contributed by atoms with E-state index in [0.717, 1.165) is 0 Å². The Morgan fingerprint density at radius 2 is 2.11 bits per heavy atom. The number of nitrogens with zero attached hydrogens (tertiary/aromatic N) is 1. The Labute approximate surface area is 115 Å². The highest BCUT2D eigenvalue weighted by atomic mass is 35.5. The summed E-state index contributed by atoms with van der Waals surface area (Å²) in [7, 11) is 0. The van der Waals surface area contributed by atoms with E-state index in [1.165, 1.54) is 23.1 Å². The number of amides is 2. The van der Waals surface area contributed by atoms with Gasteiger partial charge in [-0.1, -0.05) is 11.6 Å². The predicted molar refractivity (Wildman–Crippen MR) is 71.8 cm³/mol. The van der Waals surface area contributed by atoms with Gasteiger partial charge >= 0.3 is 12.0 Å². The van der Waals surface area contributed by atoms with Crippen LogP contribution in [0.4, 0.5) is 10.5 Å². The second-order valence-electron chi connectivity index (χ2n) is 3.73. The van der Waals surface area contributed by atoms with Crippen molar-refractivity contribution in [1.82, 2.24) is 4.90 Å². The van der Waals surface area contributed by atoms with E-state index in [-0.39, 0.29) is 24.4 Å². The summed E-state index contributed by atoms with van der Waals surface area (Å²) in [6, 6.07) is 3.64. The minimum Gasteiger partial charge on any atom is -0.478 e. The molecule has 0 unspecified atom stereocenters. The van der Waals surface area contributed by atoms with Crippen molar-refractivity contribution in [3.8, 4) is 0 Å². The smallest absolute Gasteiger partial charge is 0.337 e. The van der Waals surface area contributed by atoms with Gasteiger partial charge in [0.05, 0.1) is 17.9 Å². The molecule has 7 heteroatoms. The first-order valence-corrected chi connectivity index (χ1v) is 6.07. The lowest BCUT2D eigenvalue weighted by Gasteiger charge is -2.20. The normalized spacial score (nSPS) is 10.1. The van der Waals surface area contributed by atoms with Crippen LogP contribution in [0.15, 0.2) is 18.2 Å². The Morgan fingerprint density at radius 3 is 2.63 bits per heavy atom. The molecule has 0 fully saturated rings. The predicted octanol–water partition coefficient (Wildman–Crippen LogP) is 1.88. The Hall–Kier alpha value is -1.79. The average molecular weight is 287 g/mol. The first-order chi connectivity index (χ1) is 8.99. The fourth-order valence-electron chi connectivity index (χ4n) is 1.52. The number of hydrogen-bond acceptors (Lipinski definition) is 3. The van der Waals surface area contributed by atoms with Crippen molar-refractivity contribution in [1.29, 1.82) is 0 Å². The number of likely N-dealkylation sites (N-methyl/N-ethyl adjacent to an activating group) is 1. The van der Waals surface area contributed by atoms with E-state index in [1.54, 1.807) is 6.92 Å². The number of aliphatic hydroxyl groups excluding tert-OH is 1. The molecule has 0 aliphatic rings. The number of carbonyl (C=O) groups excluding carboxylic acids is 1. The second-order valence-corrected chi connectivity index (χ2v) is 4.16. The average Bonchev–Trinajstić information content (AvgIpc) is 2.35. The van der Waals surface area contributed by atoms with Crippen molar-refractivity contribution in [2.45, 2.75) is 6.92 Å². The molecule has 2 amide bonds. The Bertz CT molecular complexity index is 479. The van der Waals surface area contributed by atoms with E-state index in [0.29, 0.717) is 11.6 Å². The van der Waals surface area contributed by atoms with Crippen LogP contribution in [0.25, 0.3) is 0 Å². The summed E-state index contributed by atoms with van der Waals surface area (Å²) in [6.07, 6.45) is 0. The van der Waals surface area contributed by atoms with Crippen molar-refractivity contribution in [3.05, 3.63) is 28.8 Å². The minimum atomic E-state index is -1.16. The van der Waals surface area contributed by atoms with Crippen LogP contribution in [0.1, 0.15) is 17.3 Å². The summed E-state index contributed by atoms with van der Waals surface area (Å²) in [5.41, 5.74) is 0.0826. The number of urea groups is 1. The fraction of sp³-hybridized carbons (Fsp3) is 0.333. The highest BCUT2D eigenvalue weighted by Gasteiger charge is 2.16. The molecule has 0 aliphatic carbocycles. The Balaban J connectivity index is 2.94. The van der Waals surface area contributed by atoms with Crippen molar-refractivity contribution in [2.75, 3.05) is 25.0 Å². The van der Waals surface area contributed by atoms with Crippen LogP contribution in [0.3, 0.4) is 0 Å². The van der Waals surface area contributed by atoms with E-state index in [9.17, 15) is 9.59 Å². The molecule has 1 aromatic carbocycles. The number of hydrogen-bond donors (Lipinski definition) is 3. The van der Waals surface area contributed by atoms with Crippen LogP contribution < -0.4 is 5.32 Å². The van der Waals surface area contributed by atoms with Gasteiger partial charge in [-0.3, -0.25) is 0 Å². The van der Waals surface area contributed by atoms with E-state index in [1.807, 2.05) is 0 Å². The van der Waals surface area contributed by atoms with E-state index >= 15 is 0 Å². The maximum atomic E-state index is 11.9. The van der Waals surface area contributed by atoms with Gasteiger partial charge in [-0.25, -0.2) is 9.59 Å². The van der Waals surface area contributed by atoms with Crippen molar-refractivity contribution >= 4 is 29.3 Å². The number of nitrogens with one attached hydrogen (secondary N) is 1. The zero-order chi connectivity index (χ0) is 14.4. The number of carboxylic acid groups (broad SMARTS) is 1. The molecule has 0 radical (unpaired) electrons. The minimum absolute atomic E-state index is 0.0437. The van der Waals surface area contributed by atoms with Crippen molar-refractivity contribution in [3.63, 3.8) is 0 Å². The summed E-state index contributed by atoms with van der Waals surface area (Å²) in [5.74, 6) is -1.16. The molecule has 0 bridgehead atoms. The van der Waals surface area contributed by atoms with Crippen LogP contribution in [-0.2, 0) is 0 Å². The molecule has 0 saturated carbocycles. The van der Waals surface area contributed by atoms with E-state index in [4.69, 9.17) is 21.8 Å². The van der Waals surface area contributed by atoms with Crippen LogP contribution in [0, 0.1) is 0 Å². The first kappa shape index (κ1) is 15.3. The molecule has 0 heterocycles. The highest BCUT2D eigenvalue weighted by Crippen LogP contribution is 2.21. The van der Waals surface area contributed by atoms with Gasteiger partial charge in [0.1, 0.15) is 0 Å². The van der Waals surface area contributed by atoms with Crippen LogP contribution in [0.2, 0.25) is 5.02 Å². The van der Waals surface area contributed by atoms with Gasteiger partial charge in [0.15, 0.2) is 0 Å². The number of benzene rings is 1. The van der Waals surface area contributed by atoms with E-state index in [2.05, 4.69) is 5.32 Å². The summed E-state index contributed by atoms with van der Waals surface area (Å²) in [4.78, 5) is 24.3. The Kier molecular flexibility index (Phi) is 5.59. The number of aromatic carboxylic acids is 1. The largest absolute Gasteiger partial charge is 0.478 e. The molecule has 0 aromatic heterocycles. The molecule has 0 aliphatic heterocycles. The zero-order valence-electron chi connectivity index (χ0n) is 10.4. The maximum absolute atomic E-state index is 11.9. The van der Waals surface area contributed by atoms with Crippen molar-refractivity contribution < 1.29 is 19.8 Å². The fourth-order valence-corrected chi connectivity index (χ4v) is 1.70. The van der Waals surface area contributed by atoms with Gasteiger partial charge in [0.2, 0.25) is 0 Å². The van der Waals surface area contributed by atoms with Crippen LogP contribution >= 0.6 is 11.6 Å². The summed E-state index contributed by atoms with van der Waals surface area (Å²) in [6.45, 7) is 2.16. The summed E-state index contributed by atoms with van der Waals surface area (Å²) < 4.78 is 0. The molecule has 104 valence electrons. The summed E-state index contributed by atoms with van der Waals surface area (Å²) >= 11 is 5.78. The second kappa shape index (κ2) is 6.96. The standard InChI is InChI=1S/C12H15ClN2O4/c1-2-15(5-6-16)12(19)14-10-7-8(13)3-4-9(10)11(17)18/h3-4,7,16H,2,5-6H2,1H3,(H,14,19)(H,17,18). The summed E-state index contributed by atoms with van der Waals surface area (Å²) in [5, 5.41) is 20.7. The van der Waals surface area contributed by atoms with Crippen LogP contribution in [-0.4, -0.2) is 46.8 Å². The lowest BCUT2D eigenvalue weighted by molar-refractivity contribution is 0.0698. The SMILES string of the molecule is CCN(CCO)C(=O)Nc1cc(Cl)ccc1C(=O)O. The number of carboxylic acids is 1. The number of aliphatic hydroxyl groups is 1. The quantitative estimate of drug-likeness (QED) is 0.771. The van der Waals surface area contributed by atoms with Gasteiger partial charge in [0, 0.05) is 18.1 Å². The highest BCUT2D eigenvalue weighted by molar-refractivity contribution is 6.31. The number of halogens is 1. The molecular weight excluding hydrogens is 272 g/mol. The molecule has 6 nitrogen and oxygen atoms in total. The third-order valence-electron chi connectivity index (χ3n) is 2.49. The lowest BCUT2D eigenvalue weighted by atomic mass is 10.2. The maximum Gasteiger partial charge on any atom is 0.337 e. The topological polar surface area (TPSA) is 89.9 Å². The number of rotatable bonds is 5. The van der Waals surface area contributed by atoms with Gasteiger partial charge in [-0.15, -0.1) is 0 Å². The van der Waals surface area contributed by atoms with E-state index < -0.39 is 12.0 Å². The van der Waals surface area contributed by atoms with Gasteiger partial charge in [0.25, 0.3) is 0 Å². The van der Waals surface area contributed by atoms with Crippen molar-refractivity contribution in [2.24, 2.45) is 0 Å². The Morgan fingerprint density at radius 1 is 1.42 bits per heavy atom. The third kappa shape index (κ3) is 4.11. The molecular formula is C12H15ClN2O4. The third-order valence-corrected chi connectivity index (χ3v) is 2.73. The zero-order valence-corrected chi connectivity index (χ0v) is 11.1. The van der Waals surface area contributed by atoms with Crippen LogP contribution in [0.5, 0.6) is 0 Å². The molecule has 1 rings (SSSR count). The molecule has 0 spiro atoms. The van der Waals surface area contributed by atoms with Gasteiger partial charge < -0.3 is 20.4 Å². The molecule has 19 heavy (non-hydrogen) atoms. The number of anilines is 1. The lowest BCUT2D eigenvalue weighted by Crippen LogP contribution is -2.37. The van der Waals surface area contributed by atoms with Gasteiger partial charge in [-0.05, 0) is 25.1 Å². The molecule has 0 saturated heterocycles.